The van der Waals surface area contributed by atoms with Gasteiger partial charge >= 0.3 is 6.09 Å². The number of amides is 1. The lowest BCUT2D eigenvalue weighted by Gasteiger charge is -2.39. The van der Waals surface area contributed by atoms with Crippen LogP contribution < -0.4 is 34.1 Å². The van der Waals surface area contributed by atoms with E-state index < -0.39 is 5.60 Å². The molecule has 0 aromatic heterocycles. The lowest BCUT2D eigenvalue weighted by atomic mass is 9.87. The third-order valence-corrected chi connectivity index (χ3v) is 15.4. The summed E-state index contributed by atoms with van der Waals surface area (Å²) >= 11 is 0. The summed E-state index contributed by atoms with van der Waals surface area (Å²) in [6.07, 6.45) is 6.21. The number of nitrogens with one attached hydrogen (secondary N) is 1. The molecular formula is C67H86N6O6. The average Bonchev–Trinajstić information content (AvgIpc) is 3.62. The van der Waals surface area contributed by atoms with E-state index in [0.717, 1.165) is 147 Å². The zero-order valence-corrected chi connectivity index (χ0v) is 47.8. The average molecular weight is 1070 g/mol. The number of nitrogens with zero attached hydrogens (tertiary/aromatic N) is 5. The molecule has 420 valence electrons. The van der Waals surface area contributed by atoms with Gasteiger partial charge in [0.2, 0.25) is 0 Å². The zero-order chi connectivity index (χ0) is 54.8. The monoisotopic (exact) mass is 1070 g/mol. The second kappa shape index (κ2) is 28.4. The predicted molar refractivity (Wildman–Crippen MR) is 320 cm³/mol. The summed E-state index contributed by atoms with van der Waals surface area (Å²) in [6.45, 7) is 24.0. The Morgan fingerprint density at radius 3 is 1.34 bits per heavy atom. The molecule has 2 atom stereocenters. The number of carbonyl (C=O) groups excluding carboxylic acids is 1. The number of benzene rings is 6. The first-order valence-corrected chi connectivity index (χ1v) is 29.4. The lowest BCUT2D eigenvalue weighted by Crippen LogP contribution is -2.50. The van der Waals surface area contributed by atoms with Gasteiger partial charge in [-0.25, -0.2) is 4.79 Å². The van der Waals surface area contributed by atoms with E-state index in [2.05, 4.69) is 184 Å². The minimum absolute atomic E-state index is 0.117. The SMILES string of the molecule is CCCCOc1ccc2c(c1)CCN(c1ccccc1)C2c1ccc(OCCN2CCN(C(=O)OC(C)(C)C)CC2)cc1.CCCCOc1ccc2c(c1)CCN(c1ccccc1)C2c1ccc(OCCN2CCNCC2)cc1. The van der Waals surface area contributed by atoms with E-state index in [1.807, 2.05) is 20.8 Å². The smallest absolute Gasteiger partial charge is 0.410 e. The molecule has 6 aromatic carbocycles. The van der Waals surface area contributed by atoms with Crippen LogP contribution in [0.15, 0.2) is 146 Å². The molecule has 0 saturated carbocycles. The van der Waals surface area contributed by atoms with Crippen molar-refractivity contribution >= 4 is 17.5 Å². The number of para-hydroxylation sites is 2. The van der Waals surface area contributed by atoms with Gasteiger partial charge in [0.1, 0.15) is 41.8 Å². The van der Waals surface area contributed by atoms with E-state index >= 15 is 0 Å². The van der Waals surface area contributed by atoms with Crippen molar-refractivity contribution in [3.05, 3.63) is 179 Å². The third-order valence-electron chi connectivity index (χ3n) is 15.4. The van der Waals surface area contributed by atoms with Crippen LogP contribution in [0.4, 0.5) is 16.2 Å². The van der Waals surface area contributed by atoms with Crippen LogP contribution in [-0.2, 0) is 17.6 Å². The number of rotatable bonds is 20. The molecule has 2 unspecified atom stereocenters. The lowest BCUT2D eigenvalue weighted by molar-refractivity contribution is 0.0137. The number of piperazine rings is 2. The molecular weight excluding hydrogens is 985 g/mol. The molecule has 4 aliphatic heterocycles. The van der Waals surface area contributed by atoms with Gasteiger partial charge < -0.3 is 43.7 Å². The fourth-order valence-electron chi connectivity index (χ4n) is 11.1. The number of ether oxygens (including phenoxy) is 5. The highest BCUT2D eigenvalue weighted by Gasteiger charge is 2.32. The quantitative estimate of drug-likeness (QED) is 0.0741. The van der Waals surface area contributed by atoms with Crippen LogP contribution in [0, 0.1) is 0 Å². The minimum atomic E-state index is -0.468. The molecule has 2 saturated heterocycles. The predicted octanol–water partition coefficient (Wildman–Crippen LogP) is 12.3. The Hall–Kier alpha value is -6.73. The van der Waals surface area contributed by atoms with Crippen molar-refractivity contribution in [2.45, 2.75) is 90.8 Å². The summed E-state index contributed by atoms with van der Waals surface area (Å²) < 4.78 is 29.8. The van der Waals surface area contributed by atoms with E-state index in [0.29, 0.717) is 19.7 Å². The fraction of sp³-hybridized carbons (Fsp3) is 0.448. The van der Waals surface area contributed by atoms with Gasteiger partial charge in [-0.05, 0) is 153 Å². The highest BCUT2D eigenvalue weighted by atomic mass is 16.6. The summed E-state index contributed by atoms with van der Waals surface area (Å²) in [5, 5.41) is 3.40. The Balaban J connectivity index is 0.000000195. The molecule has 12 heteroatoms. The largest absolute Gasteiger partial charge is 0.494 e. The van der Waals surface area contributed by atoms with Gasteiger partial charge in [-0.15, -0.1) is 0 Å². The van der Waals surface area contributed by atoms with Crippen molar-refractivity contribution in [2.24, 2.45) is 0 Å². The minimum Gasteiger partial charge on any atom is -0.494 e. The molecule has 0 bridgehead atoms. The van der Waals surface area contributed by atoms with E-state index in [-0.39, 0.29) is 18.2 Å². The number of anilines is 2. The summed E-state index contributed by atoms with van der Waals surface area (Å²) in [6, 6.07) is 52.4. The second-order valence-corrected chi connectivity index (χ2v) is 22.2. The fourth-order valence-corrected chi connectivity index (χ4v) is 11.1. The standard InChI is InChI=1S/C36H47N3O4.C31H39N3O2/c1-5-6-25-41-32-16-17-33-29(27-32)18-19-39(30-10-8-7-9-11-30)34(33)28-12-14-31(15-13-28)42-26-24-37-20-22-38(23-21-37)35(40)43-36(2,3)4;1-2-3-22-35-29-13-14-30-26(24-29)15-18-34(27-7-5-4-6-8-27)31(30)25-9-11-28(12-10-25)36-23-21-33-19-16-32-17-20-33/h7-17,27,34H,5-6,18-26H2,1-4H3;4-14,24,31-32H,2-3,15-23H2,1H3. The number of unbranched alkanes of at least 4 members (excludes halogenated alkanes) is 2. The molecule has 1 N–H and O–H groups in total. The first-order chi connectivity index (χ1) is 38.6. The maximum Gasteiger partial charge on any atom is 0.410 e. The van der Waals surface area contributed by atoms with Gasteiger partial charge in [-0.1, -0.05) is 99.5 Å². The number of hydrogen-bond acceptors (Lipinski definition) is 11. The molecule has 1 amide bonds. The molecule has 0 spiro atoms. The van der Waals surface area contributed by atoms with Gasteiger partial charge in [0.15, 0.2) is 0 Å². The highest BCUT2D eigenvalue weighted by Crippen LogP contribution is 2.42. The maximum atomic E-state index is 12.3. The molecule has 0 aliphatic carbocycles. The van der Waals surface area contributed by atoms with Crippen molar-refractivity contribution in [3.8, 4) is 23.0 Å². The molecule has 12 nitrogen and oxygen atoms in total. The third kappa shape index (κ3) is 16.0. The van der Waals surface area contributed by atoms with Crippen LogP contribution in [0.1, 0.15) is 106 Å². The summed E-state index contributed by atoms with van der Waals surface area (Å²) in [7, 11) is 0. The van der Waals surface area contributed by atoms with Crippen LogP contribution in [0.25, 0.3) is 0 Å². The Morgan fingerprint density at radius 2 is 0.911 bits per heavy atom. The van der Waals surface area contributed by atoms with Gasteiger partial charge in [0.05, 0.1) is 25.3 Å². The van der Waals surface area contributed by atoms with Crippen molar-refractivity contribution in [2.75, 3.05) is 115 Å². The van der Waals surface area contributed by atoms with Crippen molar-refractivity contribution in [3.63, 3.8) is 0 Å². The number of fused-ring (bicyclic) bond motifs is 2. The van der Waals surface area contributed by atoms with E-state index in [1.54, 1.807) is 4.90 Å². The van der Waals surface area contributed by atoms with Crippen molar-refractivity contribution < 1.29 is 28.5 Å². The summed E-state index contributed by atoms with van der Waals surface area (Å²) in [5.74, 6) is 3.77. The van der Waals surface area contributed by atoms with Crippen LogP contribution in [0.2, 0.25) is 0 Å². The Bertz CT molecular complexity index is 2780. The molecule has 79 heavy (non-hydrogen) atoms. The molecule has 4 heterocycles. The molecule has 6 aromatic rings. The second-order valence-electron chi connectivity index (χ2n) is 22.2. The van der Waals surface area contributed by atoms with E-state index in [1.165, 1.54) is 44.8 Å². The Labute approximate surface area is 471 Å². The van der Waals surface area contributed by atoms with Gasteiger partial charge in [0, 0.05) is 89.9 Å². The zero-order valence-electron chi connectivity index (χ0n) is 47.8. The van der Waals surface area contributed by atoms with Gasteiger partial charge in [-0.3, -0.25) is 9.80 Å². The Morgan fingerprint density at radius 1 is 0.494 bits per heavy atom. The van der Waals surface area contributed by atoms with E-state index in [4.69, 9.17) is 23.7 Å². The summed E-state index contributed by atoms with van der Waals surface area (Å²) in [5.41, 5.74) is 9.99. The molecule has 2 fully saturated rings. The van der Waals surface area contributed by atoms with Crippen molar-refractivity contribution in [1.29, 1.82) is 0 Å². The first kappa shape index (κ1) is 57.0. The Kier molecular flexibility index (Phi) is 20.5. The maximum absolute atomic E-state index is 12.3. The van der Waals surface area contributed by atoms with Crippen LogP contribution in [-0.4, -0.2) is 131 Å². The van der Waals surface area contributed by atoms with E-state index in [9.17, 15) is 4.79 Å². The molecule has 10 rings (SSSR count). The van der Waals surface area contributed by atoms with Crippen molar-refractivity contribution in [1.82, 2.24) is 20.0 Å². The normalized spacial score (nSPS) is 17.7. The topological polar surface area (TPSA) is 91.5 Å². The van der Waals surface area contributed by atoms with Crippen LogP contribution >= 0.6 is 0 Å². The highest BCUT2D eigenvalue weighted by molar-refractivity contribution is 5.68. The van der Waals surface area contributed by atoms with Crippen LogP contribution in [0.5, 0.6) is 23.0 Å². The first-order valence-electron chi connectivity index (χ1n) is 29.4. The number of carbonyl (C=O) groups is 1. The van der Waals surface area contributed by atoms with Gasteiger partial charge in [0.25, 0.3) is 0 Å². The summed E-state index contributed by atoms with van der Waals surface area (Å²) in [4.78, 5) is 24.0. The number of hydrogen-bond donors (Lipinski definition) is 1. The molecule has 0 radical (unpaired) electrons. The van der Waals surface area contributed by atoms with Gasteiger partial charge in [-0.2, -0.15) is 0 Å². The van der Waals surface area contributed by atoms with Crippen LogP contribution in [0.3, 0.4) is 0 Å². The molecule has 4 aliphatic rings.